The van der Waals surface area contributed by atoms with Crippen LogP contribution in [0.25, 0.3) is 0 Å². The van der Waals surface area contributed by atoms with Crippen LogP contribution in [0.15, 0.2) is 59.1 Å². The Labute approximate surface area is 117 Å². The molecule has 1 atom stereocenters. The van der Waals surface area contributed by atoms with Crippen molar-refractivity contribution in [3.63, 3.8) is 0 Å². The third-order valence-electron chi connectivity index (χ3n) is 3.04. The monoisotopic (exact) mass is 304 g/mol. The summed E-state index contributed by atoms with van der Waals surface area (Å²) in [6, 6.07) is 18.2. The van der Waals surface area contributed by atoms with Crippen LogP contribution in [0.5, 0.6) is 0 Å². The number of aryl methyl sites for hydroxylation is 1. The first kappa shape index (κ1) is 13.3. The lowest BCUT2D eigenvalue weighted by Crippen LogP contribution is -1.98. The fourth-order valence-electron chi connectivity index (χ4n) is 1.99. The first-order valence-corrected chi connectivity index (χ1v) is 7.02. The topological polar surface area (TPSA) is 20.2 Å². The van der Waals surface area contributed by atoms with Gasteiger partial charge in [0.2, 0.25) is 0 Å². The van der Waals surface area contributed by atoms with Crippen LogP contribution in [-0.2, 0) is 6.42 Å². The molecule has 1 nitrogen and oxygen atoms in total. The molecule has 2 rings (SSSR count). The summed E-state index contributed by atoms with van der Waals surface area (Å²) in [5.74, 6) is 0. The van der Waals surface area contributed by atoms with Crippen molar-refractivity contribution in [2.45, 2.75) is 25.4 Å². The van der Waals surface area contributed by atoms with Gasteiger partial charge in [-0.25, -0.2) is 0 Å². The van der Waals surface area contributed by atoms with Crippen LogP contribution in [0, 0.1) is 0 Å². The number of hydrogen-bond acceptors (Lipinski definition) is 1. The van der Waals surface area contributed by atoms with E-state index in [9.17, 15) is 5.11 Å². The first-order chi connectivity index (χ1) is 8.75. The van der Waals surface area contributed by atoms with Crippen molar-refractivity contribution in [2.24, 2.45) is 0 Å². The average molecular weight is 305 g/mol. The SMILES string of the molecule is OC(CCCc1ccc(Br)cc1)c1ccccc1. The van der Waals surface area contributed by atoms with E-state index in [0.29, 0.717) is 0 Å². The summed E-state index contributed by atoms with van der Waals surface area (Å²) in [4.78, 5) is 0. The predicted octanol–water partition coefficient (Wildman–Crippen LogP) is 4.51. The standard InChI is InChI=1S/C16H17BrO/c17-15-11-9-13(10-12-15)5-4-8-16(18)14-6-2-1-3-7-14/h1-3,6-7,9-12,16,18H,4-5,8H2. The molecule has 1 unspecified atom stereocenters. The van der Waals surface area contributed by atoms with Gasteiger partial charge in [-0.2, -0.15) is 0 Å². The lowest BCUT2D eigenvalue weighted by Gasteiger charge is -2.10. The fourth-order valence-corrected chi connectivity index (χ4v) is 2.26. The maximum absolute atomic E-state index is 10.0. The minimum absolute atomic E-state index is 0.346. The van der Waals surface area contributed by atoms with Crippen LogP contribution in [0.1, 0.15) is 30.1 Å². The number of rotatable bonds is 5. The molecule has 0 heterocycles. The summed E-state index contributed by atoms with van der Waals surface area (Å²) in [5.41, 5.74) is 2.33. The second kappa shape index (κ2) is 6.72. The van der Waals surface area contributed by atoms with Crippen LogP contribution in [0.2, 0.25) is 0 Å². The van der Waals surface area contributed by atoms with E-state index in [1.54, 1.807) is 0 Å². The number of halogens is 1. The summed E-state index contributed by atoms with van der Waals surface area (Å²) >= 11 is 3.43. The van der Waals surface area contributed by atoms with Crippen LogP contribution < -0.4 is 0 Å². The molecule has 0 saturated heterocycles. The van der Waals surface area contributed by atoms with Crippen LogP contribution in [-0.4, -0.2) is 5.11 Å². The Hall–Kier alpha value is -1.12. The molecular formula is C16H17BrO. The number of aliphatic hydroxyl groups excluding tert-OH is 1. The van der Waals surface area contributed by atoms with Crippen molar-refractivity contribution in [1.29, 1.82) is 0 Å². The van der Waals surface area contributed by atoms with Crippen molar-refractivity contribution in [3.05, 3.63) is 70.2 Å². The van der Waals surface area contributed by atoms with Gasteiger partial charge in [0.25, 0.3) is 0 Å². The zero-order chi connectivity index (χ0) is 12.8. The van der Waals surface area contributed by atoms with Gasteiger partial charge in [0.1, 0.15) is 0 Å². The Morgan fingerprint density at radius 3 is 2.28 bits per heavy atom. The lowest BCUT2D eigenvalue weighted by atomic mass is 10.0. The molecule has 2 heteroatoms. The highest BCUT2D eigenvalue weighted by molar-refractivity contribution is 9.10. The number of aliphatic hydroxyl groups is 1. The van der Waals surface area contributed by atoms with E-state index in [0.717, 1.165) is 29.3 Å². The molecule has 1 N–H and O–H groups in total. The van der Waals surface area contributed by atoms with Gasteiger partial charge in [-0.05, 0) is 42.5 Å². The van der Waals surface area contributed by atoms with Crippen molar-refractivity contribution in [2.75, 3.05) is 0 Å². The summed E-state index contributed by atoms with van der Waals surface area (Å²) in [6.07, 6.45) is 2.47. The van der Waals surface area contributed by atoms with Gasteiger partial charge in [-0.15, -0.1) is 0 Å². The van der Waals surface area contributed by atoms with Gasteiger partial charge < -0.3 is 5.11 Å². The smallest absolute Gasteiger partial charge is 0.0790 e. The molecule has 0 bridgehead atoms. The summed E-state index contributed by atoms with van der Waals surface area (Å²) in [7, 11) is 0. The molecule has 0 spiro atoms. The molecule has 18 heavy (non-hydrogen) atoms. The molecule has 0 fully saturated rings. The fraction of sp³-hybridized carbons (Fsp3) is 0.250. The third-order valence-corrected chi connectivity index (χ3v) is 3.57. The lowest BCUT2D eigenvalue weighted by molar-refractivity contribution is 0.164. The number of benzene rings is 2. The minimum atomic E-state index is -0.346. The van der Waals surface area contributed by atoms with Crippen molar-refractivity contribution < 1.29 is 5.11 Å². The Morgan fingerprint density at radius 1 is 0.944 bits per heavy atom. The maximum Gasteiger partial charge on any atom is 0.0790 e. The van der Waals surface area contributed by atoms with Crippen molar-refractivity contribution >= 4 is 15.9 Å². The van der Waals surface area contributed by atoms with Crippen LogP contribution >= 0.6 is 15.9 Å². The predicted molar refractivity (Wildman–Crippen MR) is 78.5 cm³/mol. The second-order valence-corrected chi connectivity index (χ2v) is 5.36. The summed E-state index contributed by atoms with van der Waals surface area (Å²) in [6.45, 7) is 0. The highest BCUT2D eigenvalue weighted by Crippen LogP contribution is 2.19. The Bertz CT molecular complexity index is 464. The highest BCUT2D eigenvalue weighted by Gasteiger charge is 2.06. The third kappa shape index (κ3) is 3.97. The van der Waals surface area contributed by atoms with E-state index in [2.05, 4.69) is 40.2 Å². The zero-order valence-corrected chi connectivity index (χ0v) is 11.8. The number of hydrogen-bond donors (Lipinski definition) is 1. The van der Waals surface area contributed by atoms with Crippen molar-refractivity contribution in [1.82, 2.24) is 0 Å². The van der Waals surface area contributed by atoms with E-state index < -0.39 is 0 Å². The Balaban J connectivity index is 1.80. The minimum Gasteiger partial charge on any atom is -0.388 e. The molecule has 0 aliphatic rings. The zero-order valence-electron chi connectivity index (χ0n) is 10.2. The van der Waals surface area contributed by atoms with Crippen LogP contribution in [0.4, 0.5) is 0 Å². The Morgan fingerprint density at radius 2 is 1.61 bits per heavy atom. The molecule has 0 saturated carbocycles. The van der Waals surface area contributed by atoms with Gasteiger partial charge in [-0.1, -0.05) is 58.4 Å². The van der Waals surface area contributed by atoms with Gasteiger partial charge in [-0.3, -0.25) is 0 Å². The van der Waals surface area contributed by atoms with Gasteiger partial charge in [0, 0.05) is 4.47 Å². The van der Waals surface area contributed by atoms with E-state index in [1.807, 2.05) is 30.3 Å². The van der Waals surface area contributed by atoms with Gasteiger partial charge >= 0.3 is 0 Å². The van der Waals surface area contributed by atoms with E-state index in [-0.39, 0.29) is 6.10 Å². The normalized spacial score (nSPS) is 12.3. The molecule has 0 aliphatic carbocycles. The second-order valence-electron chi connectivity index (χ2n) is 4.45. The summed E-state index contributed by atoms with van der Waals surface area (Å²) < 4.78 is 1.11. The van der Waals surface area contributed by atoms with E-state index >= 15 is 0 Å². The molecule has 0 amide bonds. The Kier molecular flexibility index (Phi) is 4.97. The molecule has 0 aliphatic heterocycles. The van der Waals surface area contributed by atoms with Crippen molar-refractivity contribution in [3.8, 4) is 0 Å². The molecule has 2 aromatic rings. The van der Waals surface area contributed by atoms with Gasteiger partial charge in [0.05, 0.1) is 6.10 Å². The molecule has 0 aromatic heterocycles. The molecule has 94 valence electrons. The van der Waals surface area contributed by atoms with Crippen LogP contribution in [0.3, 0.4) is 0 Å². The largest absolute Gasteiger partial charge is 0.388 e. The van der Waals surface area contributed by atoms with E-state index in [4.69, 9.17) is 0 Å². The average Bonchev–Trinajstić information content (AvgIpc) is 2.42. The first-order valence-electron chi connectivity index (χ1n) is 6.23. The van der Waals surface area contributed by atoms with E-state index in [1.165, 1.54) is 5.56 Å². The van der Waals surface area contributed by atoms with Gasteiger partial charge in [0.15, 0.2) is 0 Å². The summed E-state index contributed by atoms with van der Waals surface area (Å²) in [5, 5.41) is 10.0. The maximum atomic E-state index is 10.0. The highest BCUT2D eigenvalue weighted by atomic mass is 79.9. The molecule has 2 aromatic carbocycles. The molecular weight excluding hydrogens is 288 g/mol. The quantitative estimate of drug-likeness (QED) is 0.862. The molecule has 0 radical (unpaired) electrons.